The number of aryl methyl sites for hydroxylation is 1. The van der Waals surface area contributed by atoms with Gasteiger partial charge in [-0.1, -0.05) is 6.07 Å². The van der Waals surface area contributed by atoms with Gasteiger partial charge in [0.05, 0.1) is 26.0 Å². The third-order valence-electron chi connectivity index (χ3n) is 10.9. The number of carbonyl (C=O) groups excluding carboxylic acids is 3. The molecule has 0 aliphatic carbocycles. The van der Waals surface area contributed by atoms with Gasteiger partial charge in [-0.25, -0.2) is 0 Å². The summed E-state index contributed by atoms with van der Waals surface area (Å²) < 4.78 is 13.4. The van der Waals surface area contributed by atoms with Crippen LogP contribution in [0.15, 0.2) is 47.5 Å². The van der Waals surface area contributed by atoms with Crippen molar-refractivity contribution >= 4 is 34.3 Å². The number of amides is 3. The van der Waals surface area contributed by atoms with Crippen molar-refractivity contribution in [1.29, 1.82) is 0 Å². The zero-order valence-electron chi connectivity index (χ0n) is 27.9. The number of ether oxygens (including phenoxy) is 2. The Kier molecular flexibility index (Phi) is 7.47. The number of aromatic nitrogens is 3. The van der Waals surface area contributed by atoms with Crippen LogP contribution >= 0.6 is 0 Å². The number of H-pyrrole nitrogens is 1. The molecule has 2 N–H and O–H groups in total. The minimum atomic E-state index is -0.607. The van der Waals surface area contributed by atoms with Gasteiger partial charge in [-0.05, 0) is 67.7 Å². The highest BCUT2D eigenvalue weighted by Crippen LogP contribution is 2.45. The summed E-state index contributed by atoms with van der Waals surface area (Å²) >= 11 is 0. The molecule has 3 fully saturated rings. The van der Waals surface area contributed by atoms with Crippen molar-refractivity contribution in [3.05, 3.63) is 69.8 Å². The lowest BCUT2D eigenvalue weighted by molar-refractivity contribution is -0.136. The smallest absolute Gasteiger partial charge is 0.276 e. The number of anilines is 1. The standard InChI is InChI=1S/C36H39N7O6/c1-40-17-26(25-15-37-39-32(25)35(40)47)22-12-29(48-2)27(30(13-22)49-3)18-41-10-8-36(9-11-41)19-42(20-36)23-5-4-21-16-43(34(46)24(21)14-23)28-6-7-31(44)38-33(28)45/h4-5,12-15,17,28H,6-11,16,18-20H2,1-3H3,(H,37,39)(H,38,44,45). The summed E-state index contributed by atoms with van der Waals surface area (Å²) in [5, 5.41) is 10.0. The third-order valence-corrected chi connectivity index (χ3v) is 10.9. The average molecular weight is 666 g/mol. The van der Waals surface area contributed by atoms with Crippen molar-refractivity contribution in [1.82, 2.24) is 29.9 Å². The van der Waals surface area contributed by atoms with Crippen LogP contribution in [-0.2, 0) is 29.7 Å². The van der Waals surface area contributed by atoms with Crippen LogP contribution in [0.25, 0.3) is 22.0 Å². The fraction of sp³-hybridized carbons (Fsp3) is 0.417. The van der Waals surface area contributed by atoms with Crippen molar-refractivity contribution in [3.63, 3.8) is 0 Å². The predicted molar refractivity (Wildman–Crippen MR) is 182 cm³/mol. The molecule has 3 saturated heterocycles. The van der Waals surface area contributed by atoms with Crippen LogP contribution in [0.2, 0.25) is 0 Å². The number of hydrogen-bond acceptors (Lipinski definition) is 9. The number of methoxy groups -OCH3 is 2. The van der Waals surface area contributed by atoms with E-state index in [9.17, 15) is 19.2 Å². The van der Waals surface area contributed by atoms with Gasteiger partial charge in [-0.15, -0.1) is 0 Å². The van der Waals surface area contributed by atoms with Gasteiger partial charge in [-0.2, -0.15) is 5.10 Å². The summed E-state index contributed by atoms with van der Waals surface area (Å²) in [5.74, 6) is 0.655. The number of imide groups is 1. The molecule has 4 aliphatic rings. The molecule has 1 spiro atoms. The molecule has 2 aromatic carbocycles. The Morgan fingerprint density at radius 3 is 2.41 bits per heavy atom. The molecule has 0 saturated carbocycles. The van der Waals surface area contributed by atoms with Crippen LogP contribution in [0.3, 0.4) is 0 Å². The Bertz CT molecular complexity index is 2040. The van der Waals surface area contributed by atoms with Crippen LogP contribution < -0.4 is 25.2 Å². The SMILES string of the molecule is COc1cc(-c2cn(C)c(=O)c3[nH]ncc23)cc(OC)c1CN1CCC2(CC1)CN(c1ccc3c(c1)C(=O)N(C1CCC(=O)NC1=O)C3)C2. The van der Waals surface area contributed by atoms with Crippen LogP contribution in [0.1, 0.15) is 47.2 Å². The van der Waals surface area contributed by atoms with Crippen LogP contribution in [0.5, 0.6) is 11.5 Å². The van der Waals surface area contributed by atoms with E-state index >= 15 is 0 Å². The molecule has 2 aromatic heterocycles. The molecule has 0 radical (unpaired) electrons. The summed E-state index contributed by atoms with van der Waals surface area (Å²) in [7, 11) is 5.07. The second-order valence-electron chi connectivity index (χ2n) is 13.9. The normalized spacial score (nSPS) is 20.5. The molecular weight excluding hydrogens is 626 g/mol. The predicted octanol–water partition coefficient (Wildman–Crippen LogP) is 2.81. The first-order chi connectivity index (χ1) is 23.7. The van der Waals surface area contributed by atoms with E-state index in [0.717, 1.165) is 83.8 Å². The minimum absolute atomic E-state index is 0.134. The highest BCUT2D eigenvalue weighted by molar-refractivity contribution is 6.05. The minimum Gasteiger partial charge on any atom is -0.496 e. The molecular formula is C36H39N7O6. The molecule has 3 amide bonds. The van der Waals surface area contributed by atoms with E-state index in [1.165, 1.54) is 0 Å². The highest BCUT2D eigenvalue weighted by atomic mass is 16.5. The fourth-order valence-corrected chi connectivity index (χ4v) is 8.09. The lowest BCUT2D eigenvalue weighted by Crippen LogP contribution is -2.60. The molecule has 13 nitrogen and oxygen atoms in total. The Balaban J connectivity index is 0.925. The number of rotatable bonds is 7. The van der Waals surface area contributed by atoms with Gasteiger partial charge >= 0.3 is 0 Å². The molecule has 13 heteroatoms. The van der Waals surface area contributed by atoms with Gasteiger partial charge < -0.3 is 23.8 Å². The maximum absolute atomic E-state index is 13.3. The number of piperidine rings is 2. The van der Waals surface area contributed by atoms with Crippen LogP contribution in [-0.4, -0.2) is 88.7 Å². The van der Waals surface area contributed by atoms with Crippen LogP contribution in [0, 0.1) is 5.41 Å². The first-order valence-corrected chi connectivity index (χ1v) is 16.7. The Labute approximate surface area is 282 Å². The zero-order chi connectivity index (χ0) is 34.0. The molecule has 1 atom stereocenters. The Morgan fingerprint density at radius 2 is 1.71 bits per heavy atom. The van der Waals surface area contributed by atoms with Gasteiger partial charge in [0.25, 0.3) is 11.5 Å². The van der Waals surface area contributed by atoms with Gasteiger partial charge in [0.2, 0.25) is 11.8 Å². The molecule has 6 heterocycles. The van der Waals surface area contributed by atoms with E-state index in [0.29, 0.717) is 30.6 Å². The monoisotopic (exact) mass is 665 g/mol. The average Bonchev–Trinajstić information content (AvgIpc) is 3.71. The number of fused-ring (bicyclic) bond motifs is 2. The maximum Gasteiger partial charge on any atom is 0.276 e. The van der Waals surface area contributed by atoms with Gasteiger partial charge in [0, 0.05) is 73.5 Å². The number of pyridine rings is 1. The van der Waals surface area contributed by atoms with E-state index in [1.807, 2.05) is 30.5 Å². The number of carbonyl (C=O) groups is 3. The fourth-order valence-electron chi connectivity index (χ4n) is 8.09. The Hall–Kier alpha value is -5.17. The molecule has 8 rings (SSSR count). The van der Waals surface area contributed by atoms with E-state index in [2.05, 4.69) is 31.4 Å². The van der Waals surface area contributed by atoms with Crippen molar-refractivity contribution in [2.45, 2.75) is 44.8 Å². The quantitative estimate of drug-likeness (QED) is 0.285. The van der Waals surface area contributed by atoms with Crippen molar-refractivity contribution in [3.8, 4) is 22.6 Å². The van der Waals surface area contributed by atoms with Crippen molar-refractivity contribution in [2.24, 2.45) is 12.5 Å². The molecule has 49 heavy (non-hydrogen) atoms. The second kappa shape index (κ2) is 11.8. The van der Waals surface area contributed by atoms with Gasteiger partial charge in [-0.3, -0.25) is 34.5 Å². The number of hydrogen-bond donors (Lipinski definition) is 2. The van der Waals surface area contributed by atoms with E-state index in [-0.39, 0.29) is 35.1 Å². The highest BCUT2D eigenvalue weighted by Gasteiger charge is 2.46. The molecule has 4 aromatic rings. The summed E-state index contributed by atoms with van der Waals surface area (Å²) in [5.41, 5.74) is 5.89. The zero-order valence-corrected chi connectivity index (χ0v) is 27.9. The molecule has 4 aliphatic heterocycles. The lowest BCUT2D eigenvalue weighted by atomic mass is 9.71. The Morgan fingerprint density at radius 1 is 0.980 bits per heavy atom. The summed E-state index contributed by atoms with van der Waals surface area (Å²) in [6.07, 6.45) is 6.23. The number of benzene rings is 2. The molecule has 254 valence electrons. The third kappa shape index (κ3) is 5.23. The number of likely N-dealkylation sites (tertiary alicyclic amines) is 1. The number of nitrogens with zero attached hydrogens (tertiary/aromatic N) is 5. The first kappa shape index (κ1) is 31.1. The van der Waals surface area contributed by atoms with Crippen molar-refractivity contribution in [2.75, 3.05) is 45.3 Å². The number of nitrogens with one attached hydrogen (secondary N) is 2. The summed E-state index contributed by atoms with van der Waals surface area (Å²) in [6, 6.07) is 9.46. The molecule has 1 unspecified atom stereocenters. The molecule has 0 bridgehead atoms. The largest absolute Gasteiger partial charge is 0.496 e. The summed E-state index contributed by atoms with van der Waals surface area (Å²) in [4.78, 5) is 56.4. The topological polar surface area (TPSA) is 142 Å². The van der Waals surface area contributed by atoms with E-state index in [4.69, 9.17) is 9.47 Å². The number of aromatic amines is 1. The van der Waals surface area contributed by atoms with Crippen molar-refractivity contribution < 1.29 is 23.9 Å². The van der Waals surface area contributed by atoms with Gasteiger partial charge in [0.1, 0.15) is 23.1 Å². The maximum atomic E-state index is 13.3. The lowest BCUT2D eigenvalue weighted by Gasteiger charge is -2.55. The second-order valence-corrected chi connectivity index (χ2v) is 13.9. The van der Waals surface area contributed by atoms with Crippen LogP contribution in [0.4, 0.5) is 5.69 Å². The van der Waals surface area contributed by atoms with E-state index < -0.39 is 6.04 Å². The summed E-state index contributed by atoms with van der Waals surface area (Å²) in [6.45, 7) is 4.85. The first-order valence-electron chi connectivity index (χ1n) is 16.7. The van der Waals surface area contributed by atoms with Gasteiger partial charge in [0.15, 0.2) is 0 Å². The van der Waals surface area contributed by atoms with E-state index in [1.54, 1.807) is 36.9 Å².